The first-order valence-corrected chi connectivity index (χ1v) is 12.4. The van der Waals surface area contributed by atoms with Crippen LogP contribution in [0.3, 0.4) is 0 Å². The quantitative estimate of drug-likeness (QED) is 0.326. The number of hydrogen-bond donors (Lipinski definition) is 2. The summed E-state index contributed by atoms with van der Waals surface area (Å²) in [6, 6.07) is 19.7. The highest BCUT2D eigenvalue weighted by molar-refractivity contribution is 7.99. The lowest BCUT2D eigenvalue weighted by Gasteiger charge is -2.07. The summed E-state index contributed by atoms with van der Waals surface area (Å²) < 4.78 is 1.96. The molecule has 5 rings (SSSR count). The number of nitrogens with one attached hydrogen (secondary N) is 1. The Kier molecular flexibility index (Phi) is 5.80. The number of carbonyl (C=O) groups is 2. The Morgan fingerprint density at radius 3 is 2.56 bits per heavy atom. The van der Waals surface area contributed by atoms with E-state index in [1.807, 2.05) is 72.8 Å². The van der Waals surface area contributed by atoms with Gasteiger partial charge in [0, 0.05) is 10.3 Å². The largest absolute Gasteiger partial charge is 0.365 e. The third-order valence-electron chi connectivity index (χ3n) is 5.59. The van der Waals surface area contributed by atoms with Crippen LogP contribution < -0.4 is 11.1 Å². The summed E-state index contributed by atoms with van der Waals surface area (Å²) in [5, 5.41) is 13.6. The average molecular weight is 488 g/mol. The molecule has 3 N–H and O–H groups in total. The van der Waals surface area contributed by atoms with E-state index in [0.717, 1.165) is 38.1 Å². The fourth-order valence-corrected chi connectivity index (χ4v) is 6.01. The first-order valence-electron chi connectivity index (χ1n) is 10.6. The molecule has 5 aromatic rings. The smallest absolute Gasteiger partial charge is 0.251 e. The topological polar surface area (TPSA) is 102 Å². The molecular formula is C25H21N5O2S2. The minimum atomic E-state index is -0.566. The Bertz CT molecular complexity index is 1560. The lowest BCUT2D eigenvalue weighted by atomic mass is 10.1. The Morgan fingerprint density at radius 1 is 1.06 bits per heavy atom. The van der Waals surface area contributed by atoms with Crippen LogP contribution >= 0.6 is 23.1 Å². The molecule has 7 nitrogen and oxygen atoms in total. The first kappa shape index (κ1) is 22.1. The van der Waals surface area contributed by atoms with Crippen molar-refractivity contribution in [3.63, 3.8) is 0 Å². The number of nitrogens with two attached hydrogens (primary N) is 1. The molecule has 3 heterocycles. The molecule has 0 saturated carbocycles. The van der Waals surface area contributed by atoms with Crippen LogP contribution in [0.5, 0.6) is 0 Å². The van der Waals surface area contributed by atoms with Crippen LogP contribution in [0.2, 0.25) is 0 Å². The third-order valence-corrected chi connectivity index (χ3v) is 7.77. The number of amides is 2. The summed E-state index contributed by atoms with van der Waals surface area (Å²) in [5.74, 6) is -0.704. The standard InChI is InChI=1S/C25H21N5O2S2/c1-14-12-19-28-29-25(30(19)18-11-7-6-10-17(14)18)33-13-20(31)27-24-21(23(26)32)15(2)22(34-24)16-8-4-3-5-9-16/h3-12H,13H2,1-2H3,(H2,26,32)(H,27,31). The predicted octanol–water partition coefficient (Wildman–Crippen LogP) is 5.06. The predicted molar refractivity (Wildman–Crippen MR) is 138 cm³/mol. The maximum atomic E-state index is 12.9. The highest BCUT2D eigenvalue weighted by atomic mass is 32.2. The van der Waals surface area contributed by atoms with Crippen LogP contribution in [-0.2, 0) is 4.79 Å². The molecule has 0 fully saturated rings. The third kappa shape index (κ3) is 3.93. The van der Waals surface area contributed by atoms with Gasteiger partial charge in [0.1, 0.15) is 5.00 Å². The number of aromatic nitrogens is 3. The molecule has 170 valence electrons. The van der Waals surface area contributed by atoms with Crippen molar-refractivity contribution in [2.75, 3.05) is 11.1 Å². The number of nitrogens with zero attached hydrogens (tertiary/aromatic N) is 3. The number of para-hydroxylation sites is 1. The second-order valence-corrected chi connectivity index (χ2v) is 9.81. The lowest BCUT2D eigenvalue weighted by Crippen LogP contribution is -2.18. The molecule has 9 heteroatoms. The van der Waals surface area contributed by atoms with Gasteiger partial charge in [-0.25, -0.2) is 0 Å². The van der Waals surface area contributed by atoms with Crippen molar-refractivity contribution in [2.24, 2.45) is 5.73 Å². The molecule has 0 spiro atoms. The number of hydrogen-bond acceptors (Lipinski definition) is 6. The summed E-state index contributed by atoms with van der Waals surface area (Å²) in [4.78, 5) is 25.9. The van der Waals surface area contributed by atoms with E-state index in [1.165, 1.54) is 23.1 Å². The second kappa shape index (κ2) is 8.92. The highest BCUT2D eigenvalue weighted by Crippen LogP contribution is 2.39. The average Bonchev–Trinajstić information content (AvgIpc) is 3.39. The van der Waals surface area contributed by atoms with Gasteiger partial charge in [-0.1, -0.05) is 60.3 Å². The Morgan fingerprint density at radius 2 is 1.79 bits per heavy atom. The Hall–Kier alpha value is -3.69. The zero-order chi connectivity index (χ0) is 23.8. The van der Waals surface area contributed by atoms with Gasteiger partial charge in [-0.2, -0.15) is 0 Å². The minimum Gasteiger partial charge on any atom is -0.365 e. The molecule has 0 saturated heterocycles. The molecule has 0 radical (unpaired) electrons. The molecular weight excluding hydrogens is 466 g/mol. The van der Waals surface area contributed by atoms with Crippen LogP contribution in [0.25, 0.3) is 27.0 Å². The van der Waals surface area contributed by atoms with Crippen molar-refractivity contribution < 1.29 is 9.59 Å². The number of aryl methyl sites for hydroxylation is 1. The van der Waals surface area contributed by atoms with Gasteiger partial charge in [-0.05, 0) is 42.7 Å². The number of primary amides is 1. The van der Waals surface area contributed by atoms with E-state index in [9.17, 15) is 9.59 Å². The van der Waals surface area contributed by atoms with E-state index >= 15 is 0 Å². The number of benzene rings is 2. The Balaban J connectivity index is 1.40. The molecule has 3 aromatic heterocycles. The number of anilines is 1. The van der Waals surface area contributed by atoms with Gasteiger partial charge in [0.2, 0.25) is 5.91 Å². The van der Waals surface area contributed by atoms with E-state index in [4.69, 9.17) is 5.73 Å². The van der Waals surface area contributed by atoms with E-state index in [2.05, 4.69) is 21.6 Å². The van der Waals surface area contributed by atoms with Crippen molar-refractivity contribution in [1.29, 1.82) is 0 Å². The molecule has 0 bridgehead atoms. The lowest BCUT2D eigenvalue weighted by molar-refractivity contribution is -0.113. The first-order chi connectivity index (χ1) is 16.4. The number of pyridine rings is 1. The summed E-state index contributed by atoms with van der Waals surface area (Å²) in [5.41, 5.74) is 10.6. The minimum absolute atomic E-state index is 0.110. The molecule has 0 atom stereocenters. The van der Waals surface area contributed by atoms with E-state index in [1.54, 1.807) is 0 Å². The van der Waals surface area contributed by atoms with Gasteiger partial charge in [-0.3, -0.25) is 14.0 Å². The van der Waals surface area contributed by atoms with Crippen LogP contribution in [-0.4, -0.2) is 32.2 Å². The molecule has 2 aromatic carbocycles. The fourth-order valence-electron chi connectivity index (χ4n) is 4.02. The summed E-state index contributed by atoms with van der Waals surface area (Å²) in [6.45, 7) is 3.89. The zero-order valence-electron chi connectivity index (χ0n) is 18.5. The van der Waals surface area contributed by atoms with Gasteiger partial charge in [-0.15, -0.1) is 21.5 Å². The zero-order valence-corrected chi connectivity index (χ0v) is 20.2. The van der Waals surface area contributed by atoms with E-state index < -0.39 is 5.91 Å². The summed E-state index contributed by atoms with van der Waals surface area (Å²) in [6.07, 6.45) is 0. The van der Waals surface area contributed by atoms with Crippen LogP contribution in [0.4, 0.5) is 5.00 Å². The number of thioether (sulfide) groups is 1. The Labute approximate surface area is 204 Å². The molecule has 0 aliphatic heterocycles. The number of carbonyl (C=O) groups excluding carboxylic acids is 2. The van der Waals surface area contributed by atoms with Crippen LogP contribution in [0.15, 0.2) is 65.8 Å². The van der Waals surface area contributed by atoms with Crippen LogP contribution in [0.1, 0.15) is 21.5 Å². The van der Waals surface area contributed by atoms with Crippen molar-refractivity contribution in [2.45, 2.75) is 19.0 Å². The van der Waals surface area contributed by atoms with E-state index in [-0.39, 0.29) is 11.7 Å². The van der Waals surface area contributed by atoms with Crippen molar-refractivity contribution >= 4 is 56.5 Å². The monoisotopic (exact) mass is 487 g/mol. The van der Waals surface area contributed by atoms with Gasteiger partial charge >= 0.3 is 0 Å². The molecule has 34 heavy (non-hydrogen) atoms. The van der Waals surface area contributed by atoms with Gasteiger partial charge in [0.15, 0.2) is 10.8 Å². The van der Waals surface area contributed by atoms with Crippen LogP contribution in [0, 0.1) is 13.8 Å². The second-order valence-electron chi connectivity index (χ2n) is 7.85. The number of fused-ring (bicyclic) bond motifs is 3. The highest BCUT2D eigenvalue weighted by Gasteiger charge is 2.22. The SMILES string of the molecule is Cc1c(-c2ccccc2)sc(NC(=O)CSc2nnc3cc(C)c4ccccc4n23)c1C(N)=O. The number of thiophene rings is 1. The molecule has 0 aliphatic carbocycles. The van der Waals surface area contributed by atoms with Crippen molar-refractivity contribution in [3.05, 3.63) is 77.4 Å². The fraction of sp³-hybridized carbons (Fsp3) is 0.120. The maximum Gasteiger partial charge on any atom is 0.251 e. The van der Waals surface area contributed by atoms with Gasteiger partial charge in [0.05, 0.1) is 16.8 Å². The van der Waals surface area contributed by atoms with E-state index in [0.29, 0.717) is 15.7 Å². The van der Waals surface area contributed by atoms with Crippen molar-refractivity contribution in [1.82, 2.24) is 14.6 Å². The molecule has 2 amide bonds. The van der Waals surface area contributed by atoms with Gasteiger partial charge in [0.25, 0.3) is 5.91 Å². The maximum absolute atomic E-state index is 12.9. The van der Waals surface area contributed by atoms with Gasteiger partial charge < -0.3 is 11.1 Å². The molecule has 0 unspecified atom stereocenters. The summed E-state index contributed by atoms with van der Waals surface area (Å²) in [7, 11) is 0. The normalized spacial score (nSPS) is 11.2. The van der Waals surface area contributed by atoms with Crippen molar-refractivity contribution in [3.8, 4) is 10.4 Å². The summed E-state index contributed by atoms with van der Waals surface area (Å²) >= 11 is 2.64. The molecule has 0 aliphatic rings. The number of rotatable bonds is 6.